The van der Waals surface area contributed by atoms with Crippen molar-refractivity contribution in [1.29, 1.82) is 0 Å². The first-order valence-electron chi connectivity index (χ1n) is 10.8. The summed E-state index contributed by atoms with van der Waals surface area (Å²) >= 11 is 0. The highest BCUT2D eigenvalue weighted by Crippen LogP contribution is 2.43. The molecule has 0 unspecified atom stereocenters. The Balaban J connectivity index is 1.69. The minimum Gasteiger partial charge on any atom is -0.497 e. The molecule has 6 nitrogen and oxygen atoms in total. The molecule has 1 atom stereocenters. The Morgan fingerprint density at radius 1 is 1.00 bits per heavy atom. The molecule has 0 spiro atoms. The molecule has 166 valence electrons. The Morgan fingerprint density at radius 3 is 2.10 bits per heavy atom. The summed E-state index contributed by atoms with van der Waals surface area (Å²) in [7, 11) is 3.06. The van der Waals surface area contributed by atoms with Gasteiger partial charge in [0, 0.05) is 23.6 Å². The quantitative estimate of drug-likeness (QED) is 0.644. The van der Waals surface area contributed by atoms with Gasteiger partial charge in [0.25, 0.3) is 5.91 Å². The van der Waals surface area contributed by atoms with Crippen LogP contribution >= 0.6 is 0 Å². The van der Waals surface area contributed by atoms with E-state index in [-0.39, 0.29) is 23.1 Å². The molecule has 0 aromatic heterocycles. The van der Waals surface area contributed by atoms with E-state index in [1.165, 1.54) is 19.8 Å². The van der Waals surface area contributed by atoms with Crippen LogP contribution in [0.15, 0.2) is 48.5 Å². The van der Waals surface area contributed by atoms with Crippen LogP contribution in [0.25, 0.3) is 0 Å². The molecule has 0 bridgehead atoms. The smallest absolute Gasteiger partial charge is 0.252 e. The van der Waals surface area contributed by atoms with Crippen molar-refractivity contribution >= 4 is 11.8 Å². The zero-order chi connectivity index (χ0) is 22.4. The molecule has 1 saturated carbocycles. The molecule has 0 radical (unpaired) electrons. The van der Waals surface area contributed by atoms with Crippen molar-refractivity contribution in [2.45, 2.75) is 44.6 Å². The molecule has 2 aromatic rings. The second kappa shape index (κ2) is 9.86. The lowest BCUT2D eigenvalue weighted by atomic mass is 9.64. The molecule has 2 amide bonds. The lowest BCUT2D eigenvalue weighted by Gasteiger charge is -2.43. The van der Waals surface area contributed by atoms with Gasteiger partial charge in [0.05, 0.1) is 14.2 Å². The van der Waals surface area contributed by atoms with E-state index < -0.39 is 6.04 Å². The van der Waals surface area contributed by atoms with Gasteiger partial charge in [-0.1, -0.05) is 50.6 Å². The topological polar surface area (TPSA) is 76.7 Å². The molecule has 6 heteroatoms. The Kier molecular flexibility index (Phi) is 7.21. The lowest BCUT2D eigenvalue weighted by molar-refractivity contribution is -0.124. The van der Waals surface area contributed by atoms with Crippen LogP contribution in [0.2, 0.25) is 0 Å². The van der Waals surface area contributed by atoms with Crippen molar-refractivity contribution in [3.05, 3.63) is 59.7 Å². The summed E-state index contributed by atoms with van der Waals surface area (Å²) in [6, 6.07) is 14.7. The van der Waals surface area contributed by atoms with Gasteiger partial charge < -0.3 is 20.1 Å². The minimum atomic E-state index is -0.641. The third kappa shape index (κ3) is 5.19. The number of nitrogens with one attached hydrogen (secondary N) is 2. The molecule has 0 heterocycles. The van der Waals surface area contributed by atoms with E-state index in [9.17, 15) is 9.59 Å². The maximum Gasteiger partial charge on any atom is 0.252 e. The van der Waals surface area contributed by atoms with Gasteiger partial charge in [0.2, 0.25) is 5.91 Å². The van der Waals surface area contributed by atoms with Crippen LogP contribution in [0.1, 0.15) is 49.0 Å². The van der Waals surface area contributed by atoms with Gasteiger partial charge in [0.1, 0.15) is 17.5 Å². The van der Waals surface area contributed by atoms with Gasteiger partial charge in [0.15, 0.2) is 0 Å². The molecule has 1 aliphatic carbocycles. The maximum absolute atomic E-state index is 13.0. The predicted molar refractivity (Wildman–Crippen MR) is 121 cm³/mol. The van der Waals surface area contributed by atoms with Crippen molar-refractivity contribution in [2.75, 3.05) is 20.8 Å². The third-order valence-corrected chi connectivity index (χ3v) is 6.15. The standard InChI is InChI=1S/C25H32N2O4/c1-17(2)22(27-23(28)18-13-20(30-3)15-21(14-18)31-4)24(29)26-16-25(11-8-12-25)19-9-6-5-7-10-19/h5-7,9-10,13-15,17,22H,8,11-12,16H2,1-4H3,(H,26,29)(H,27,28)/t22-/m0/s1. The fraction of sp³-hybridized carbons (Fsp3) is 0.440. The molecular formula is C25H32N2O4. The molecule has 2 aromatic carbocycles. The second-order valence-corrected chi connectivity index (χ2v) is 8.51. The van der Waals surface area contributed by atoms with Gasteiger partial charge >= 0.3 is 0 Å². The Hall–Kier alpha value is -3.02. The van der Waals surface area contributed by atoms with E-state index in [4.69, 9.17) is 9.47 Å². The molecule has 31 heavy (non-hydrogen) atoms. The SMILES string of the molecule is COc1cc(OC)cc(C(=O)N[C@H](C(=O)NCC2(c3ccccc3)CCC2)C(C)C)c1. The molecule has 0 aliphatic heterocycles. The molecule has 1 fully saturated rings. The molecule has 1 aliphatic rings. The number of methoxy groups -OCH3 is 2. The third-order valence-electron chi connectivity index (χ3n) is 6.15. The zero-order valence-corrected chi connectivity index (χ0v) is 18.7. The van der Waals surface area contributed by atoms with E-state index in [0.29, 0.717) is 23.6 Å². The number of carbonyl (C=O) groups excluding carboxylic acids is 2. The molecular weight excluding hydrogens is 392 g/mol. The number of benzene rings is 2. The molecule has 0 saturated heterocycles. The van der Waals surface area contributed by atoms with Crippen LogP contribution in [0.5, 0.6) is 11.5 Å². The Morgan fingerprint density at radius 2 is 1.61 bits per heavy atom. The normalized spacial score (nSPS) is 15.5. The van der Waals surface area contributed by atoms with Gasteiger partial charge in [-0.2, -0.15) is 0 Å². The summed E-state index contributed by atoms with van der Waals surface area (Å²) < 4.78 is 10.5. The van der Waals surface area contributed by atoms with Crippen LogP contribution in [-0.4, -0.2) is 38.6 Å². The Bertz CT molecular complexity index is 885. The number of hydrogen-bond acceptors (Lipinski definition) is 4. The zero-order valence-electron chi connectivity index (χ0n) is 18.7. The molecule has 2 N–H and O–H groups in total. The monoisotopic (exact) mass is 424 g/mol. The lowest BCUT2D eigenvalue weighted by Crippen LogP contribution is -2.53. The number of rotatable bonds is 9. The van der Waals surface area contributed by atoms with Crippen molar-refractivity contribution in [3.8, 4) is 11.5 Å². The average Bonchev–Trinajstić information content (AvgIpc) is 2.76. The van der Waals surface area contributed by atoms with E-state index >= 15 is 0 Å². The summed E-state index contributed by atoms with van der Waals surface area (Å²) in [4.78, 5) is 25.9. The van der Waals surface area contributed by atoms with Crippen molar-refractivity contribution in [1.82, 2.24) is 10.6 Å². The van der Waals surface area contributed by atoms with Crippen LogP contribution in [0.3, 0.4) is 0 Å². The van der Waals surface area contributed by atoms with Gasteiger partial charge in [-0.25, -0.2) is 0 Å². The summed E-state index contributed by atoms with van der Waals surface area (Å²) in [6.45, 7) is 4.42. The van der Waals surface area contributed by atoms with Gasteiger partial charge in [-0.15, -0.1) is 0 Å². The van der Waals surface area contributed by atoms with Crippen LogP contribution in [0.4, 0.5) is 0 Å². The highest BCUT2D eigenvalue weighted by atomic mass is 16.5. The fourth-order valence-corrected chi connectivity index (χ4v) is 4.03. The first-order valence-corrected chi connectivity index (χ1v) is 10.8. The van der Waals surface area contributed by atoms with Gasteiger partial charge in [-0.05, 0) is 36.5 Å². The predicted octanol–water partition coefficient (Wildman–Crippen LogP) is 3.70. The van der Waals surface area contributed by atoms with Crippen LogP contribution in [0, 0.1) is 5.92 Å². The van der Waals surface area contributed by atoms with E-state index in [1.54, 1.807) is 18.2 Å². The fourth-order valence-electron chi connectivity index (χ4n) is 4.03. The number of carbonyl (C=O) groups is 2. The summed E-state index contributed by atoms with van der Waals surface area (Å²) in [6.07, 6.45) is 3.27. The maximum atomic E-state index is 13.0. The summed E-state index contributed by atoms with van der Waals surface area (Å²) in [5.74, 6) is 0.466. The first kappa shape index (κ1) is 22.7. The summed E-state index contributed by atoms with van der Waals surface area (Å²) in [5, 5.41) is 5.99. The van der Waals surface area contributed by atoms with Crippen LogP contribution in [-0.2, 0) is 10.2 Å². The highest BCUT2D eigenvalue weighted by molar-refractivity contribution is 5.98. The van der Waals surface area contributed by atoms with Crippen molar-refractivity contribution < 1.29 is 19.1 Å². The number of hydrogen-bond donors (Lipinski definition) is 2. The van der Waals surface area contributed by atoms with E-state index in [1.807, 2.05) is 32.0 Å². The van der Waals surface area contributed by atoms with Crippen LogP contribution < -0.4 is 20.1 Å². The summed E-state index contributed by atoms with van der Waals surface area (Å²) in [5.41, 5.74) is 1.63. The minimum absolute atomic E-state index is 0.0113. The largest absolute Gasteiger partial charge is 0.497 e. The molecule has 3 rings (SSSR count). The average molecular weight is 425 g/mol. The first-order chi connectivity index (χ1) is 14.9. The van der Waals surface area contributed by atoms with E-state index in [2.05, 4.69) is 22.8 Å². The number of amides is 2. The van der Waals surface area contributed by atoms with Crippen molar-refractivity contribution in [3.63, 3.8) is 0 Å². The number of ether oxygens (including phenoxy) is 2. The second-order valence-electron chi connectivity index (χ2n) is 8.51. The van der Waals surface area contributed by atoms with E-state index in [0.717, 1.165) is 19.3 Å². The van der Waals surface area contributed by atoms with Crippen molar-refractivity contribution in [2.24, 2.45) is 5.92 Å². The highest BCUT2D eigenvalue weighted by Gasteiger charge is 2.39. The van der Waals surface area contributed by atoms with Gasteiger partial charge in [-0.3, -0.25) is 9.59 Å². The Labute approximate surface area is 184 Å².